The number of hydrogen-bond acceptors (Lipinski definition) is 5. The second-order valence-electron chi connectivity index (χ2n) is 4.29. The van der Waals surface area contributed by atoms with Gasteiger partial charge in [-0.3, -0.25) is 0 Å². The Bertz CT molecular complexity index is 201. The molecule has 0 fully saturated rings. The van der Waals surface area contributed by atoms with Gasteiger partial charge in [-0.15, -0.1) is 0 Å². The first-order chi connectivity index (χ1) is 7.40. The molecular weight excluding hydrogens is 212 g/mol. The van der Waals surface area contributed by atoms with Gasteiger partial charge in [0.1, 0.15) is 0 Å². The van der Waals surface area contributed by atoms with E-state index in [-0.39, 0.29) is 6.61 Å². The Hall–Kier alpha value is -0.650. The van der Waals surface area contributed by atoms with Crippen molar-refractivity contribution < 1.29 is 24.1 Å². The Balaban J connectivity index is 3.54. The molecule has 0 aliphatic heterocycles. The molecule has 0 rings (SSSR count). The smallest absolute Gasteiger partial charge is 0.339 e. The summed E-state index contributed by atoms with van der Waals surface area (Å²) in [5.74, 6) is -0.214. The van der Waals surface area contributed by atoms with E-state index in [1.165, 1.54) is 14.0 Å². The van der Waals surface area contributed by atoms with Crippen LogP contribution in [0.25, 0.3) is 0 Å². The third kappa shape index (κ3) is 6.76. The Morgan fingerprint density at radius 2 is 1.88 bits per heavy atom. The van der Waals surface area contributed by atoms with E-state index >= 15 is 0 Å². The summed E-state index contributed by atoms with van der Waals surface area (Å²) in [5.41, 5.74) is -1.59. The van der Waals surface area contributed by atoms with Gasteiger partial charge >= 0.3 is 5.97 Å². The van der Waals surface area contributed by atoms with Crippen molar-refractivity contribution in [2.45, 2.75) is 26.4 Å². The zero-order valence-electron chi connectivity index (χ0n) is 10.5. The molecule has 0 aromatic heterocycles. The highest BCUT2D eigenvalue weighted by atomic mass is 16.6. The Labute approximate surface area is 96.7 Å². The van der Waals surface area contributed by atoms with Gasteiger partial charge in [0.2, 0.25) is 0 Å². The van der Waals surface area contributed by atoms with Crippen LogP contribution in [0.3, 0.4) is 0 Å². The van der Waals surface area contributed by atoms with Gasteiger partial charge in [-0.1, -0.05) is 13.8 Å². The van der Waals surface area contributed by atoms with E-state index in [4.69, 9.17) is 9.47 Å². The summed E-state index contributed by atoms with van der Waals surface area (Å²) >= 11 is 0. The normalized spacial score (nSPS) is 14.9. The summed E-state index contributed by atoms with van der Waals surface area (Å²) in [6, 6.07) is 0. The lowest BCUT2D eigenvalue weighted by Gasteiger charge is -2.19. The van der Waals surface area contributed by atoms with Crippen molar-refractivity contribution >= 4 is 5.97 Å². The molecule has 0 bridgehead atoms. The van der Waals surface area contributed by atoms with Crippen LogP contribution in [0.1, 0.15) is 20.8 Å². The second-order valence-corrected chi connectivity index (χ2v) is 4.29. The summed E-state index contributed by atoms with van der Waals surface area (Å²) in [7, 11) is 1.22. The molecule has 16 heavy (non-hydrogen) atoms. The zero-order chi connectivity index (χ0) is 12.6. The SMILES string of the molecule is COC(=O)C(C)(O)COCCOCC(C)C. The molecule has 0 saturated heterocycles. The molecule has 5 heteroatoms. The van der Waals surface area contributed by atoms with Crippen LogP contribution in [-0.2, 0) is 19.0 Å². The van der Waals surface area contributed by atoms with E-state index in [2.05, 4.69) is 18.6 Å². The van der Waals surface area contributed by atoms with E-state index in [1.807, 2.05) is 0 Å². The highest BCUT2D eigenvalue weighted by molar-refractivity contribution is 5.78. The summed E-state index contributed by atoms with van der Waals surface area (Å²) in [6.07, 6.45) is 0. The van der Waals surface area contributed by atoms with Crippen molar-refractivity contribution in [1.29, 1.82) is 0 Å². The van der Waals surface area contributed by atoms with Crippen molar-refractivity contribution in [1.82, 2.24) is 0 Å². The van der Waals surface area contributed by atoms with E-state index in [0.29, 0.717) is 25.7 Å². The fourth-order valence-corrected chi connectivity index (χ4v) is 0.987. The lowest BCUT2D eigenvalue weighted by molar-refractivity contribution is -0.167. The van der Waals surface area contributed by atoms with Gasteiger partial charge in [0, 0.05) is 6.61 Å². The Morgan fingerprint density at radius 3 is 2.38 bits per heavy atom. The monoisotopic (exact) mass is 234 g/mol. The first kappa shape index (κ1) is 15.3. The molecule has 1 atom stereocenters. The standard InChI is InChI=1S/C11H22O5/c1-9(2)7-15-5-6-16-8-11(3,13)10(12)14-4/h9,13H,5-8H2,1-4H3. The summed E-state index contributed by atoms with van der Waals surface area (Å²) in [4.78, 5) is 11.1. The van der Waals surface area contributed by atoms with Crippen LogP contribution in [0.4, 0.5) is 0 Å². The largest absolute Gasteiger partial charge is 0.467 e. The number of hydrogen-bond donors (Lipinski definition) is 1. The van der Waals surface area contributed by atoms with Crippen LogP contribution in [0, 0.1) is 5.92 Å². The molecule has 0 aliphatic carbocycles. The number of methoxy groups -OCH3 is 1. The molecule has 0 aromatic rings. The van der Waals surface area contributed by atoms with Gasteiger partial charge in [-0.05, 0) is 12.8 Å². The predicted molar refractivity (Wildman–Crippen MR) is 59.1 cm³/mol. The van der Waals surface area contributed by atoms with Crippen LogP contribution < -0.4 is 0 Å². The highest BCUT2D eigenvalue weighted by Crippen LogP contribution is 2.06. The molecule has 0 radical (unpaired) electrons. The third-order valence-electron chi connectivity index (χ3n) is 1.83. The van der Waals surface area contributed by atoms with E-state index in [1.54, 1.807) is 0 Å². The predicted octanol–water partition coefficient (Wildman–Crippen LogP) is 0.600. The summed E-state index contributed by atoms with van der Waals surface area (Å²) in [6.45, 7) is 6.86. The summed E-state index contributed by atoms with van der Waals surface area (Å²) in [5, 5.41) is 9.59. The molecule has 5 nitrogen and oxygen atoms in total. The molecular formula is C11H22O5. The fourth-order valence-electron chi connectivity index (χ4n) is 0.987. The maximum atomic E-state index is 11.1. The molecule has 0 saturated carbocycles. The minimum absolute atomic E-state index is 0.0925. The Morgan fingerprint density at radius 1 is 1.31 bits per heavy atom. The first-order valence-corrected chi connectivity index (χ1v) is 5.36. The van der Waals surface area contributed by atoms with Crippen LogP contribution in [0.2, 0.25) is 0 Å². The number of carbonyl (C=O) groups excluding carboxylic acids is 1. The van der Waals surface area contributed by atoms with E-state index in [9.17, 15) is 9.90 Å². The van der Waals surface area contributed by atoms with Crippen LogP contribution in [0.15, 0.2) is 0 Å². The molecule has 0 amide bonds. The van der Waals surface area contributed by atoms with Crippen LogP contribution >= 0.6 is 0 Å². The third-order valence-corrected chi connectivity index (χ3v) is 1.83. The maximum Gasteiger partial charge on any atom is 0.339 e. The van der Waals surface area contributed by atoms with Crippen molar-refractivity contribution in [2.75, 3.05) is 33.5 Å². The van der Waals surface area contributed by atoms with Gasteiger partial charge in [0.15, 0.2) is 5.60 Å². The topological polar surface area (TPSA) is 65.0 Å². The number of rotatable bonds is 8. The second kappa shape index (κ2) is 7.60. The fraction of sp³-hybridized carbons (Fsp3) is 0.909. The molecule has 0 aromatic carbocycles. The van der Waals surface area contributed by atoms with E-state index in [0.717, 1.165) is 0 Å². The van der Waals surface area contributed by atoms with Gasteiger partial charge in [-0.25, -0.2) is 4.79 Å². The minimum atomic E-state index is -1.59. The minimum Gasteiger partial charge on any atom is -0.467 e. The first-order valence-electron chi connectivity index (χ1n) is 5.36. The van der Waals surface area contributed by atoms with Crippen LogP contribution in [-0.4, -0.2) is 50.2 Å². The number of carbonyl (C=O) groups is 1. The van der Waals surface area contributed by atoms with Crippen molar-refractivity contribution in [3.05, 3.63) is 0 Å². The average molecular weight is 234 g/mol. The van der Waals surface area contributed by atoms with Crippen molar-refractivity contribution in [3.8, 4) is 0 Å². The maximum absolute atomic E-state index is 11.1. The van der Waals surface area contributed by atoms with Gasteiger partial charge < -0.3 is 19.3 Å². The molecule has 96 valence electrons. The van der Waals surface area contributed by atoms with Crippen LogP contribution in [0.5, 0.6) is 0 Å². The molecule has 0 aliphatic rings. The molecule has 1 N–H and O–H groups in total. The number of ether oxygens (including phenoxy) is 3. The van der Waals surface area contributed by atoms with Gasteiger partial charge in [-0.2, -0.15) is 0 Å². The van der Waals surface area contributed by atoms with E-state index < -0.39 is 11.6 Å². The number of aliphatic hydroxyl groups is 1. The summed E-state index contributed by atoms with van der Waals surface area (Å²) < 4.78 is 14.8. The average Bonchev–Trinajstić information content (AvgIpc) is 2.21. The van der Waals surface area contributed by atoms with Crippen molar-refractivity contribution in [2.24, 2.45) is 5.92 Å². The number of esters is 1. The van der Waals surface area contributed by atoms with Gasteiger partial charge in [0.05, 0.1) is 26.9 Å². The molecule has 0 spiro atoms. The zero-order valence-corrected chi connectivity index (χ0v) is 10.5. The molecule has 0 heterocycles. The van der Waals surface area contributed by atoms with Crippen molar-refractivity contribution in [3.63, 3.8) is 0 Å². The quantitative estimate of drug-likeness (QED) is 0.492. The molecule has 1 unspecified atom stereocenters. The highest BCUT2D eigenvalue weighted by Gasteiger charge is 2.31. The Kier molecular flexibility index (Phi) is 7.29. The van der Waals surface area contributed by atoms with Gasteiger partial charge in [0.25, 0.3) is 0 Å². The lowest BCUT2D eigenvalue weighted by atomic mass is 10.1. The lowest BCUT2D eigenvalue weighted by Crippen LogP contribution is -2.41.